The lowest BCUT2D eigenvalue weighted by Crippen LogP contribution is -2.04. The molecule has 0 saturated heterocycles. The van der Waals surface area contributed by atoms with Crippen molar-refractivity contribution in [3.05, 3.63) is 71.8 Å². The van der Waals surface area contributed by atoms with Crippen LogP contribution in [0.5, 0.6) is 0 Å². The fourth-order valence-electron chi connectivity index (χ4n) is 3.37. The van der Waals surface area contributed by atoms with Crippen molar-refractivity contribution in [3.63, 3.8) is 0 Å². The van der Waals surface area contributed by atoms with Crippen molar-refractivity contribution in [2.24, 2.45) is 0 Å². The maximum Gasteiger partial charge on any atom is 0.221 e. The molecule has 0 saturated carbocycles. The van der Waals surface area contributed by atoms with Crippen LogP contribution in [0.15, 0.2) is 54.9 Å². The molecule has 0 spiro atoms. The van der Waals surface area contributed by atoms with Gasteiger partial charge in [-0.05, 0) is 49.7 Å². The summed E-state index contributed by atoms with van der Waals surface area (Å²) in [5.41, 5.74) is 6.01. The predicted molar refractivity (Wildman–Crippen MR) is 111 cm³/mol. The summed E-state index contributed by atoms with van der Waals surface area (Å²) in [5, 5.41) is 12.8. The summed E-state index contributed by atoms with van der Waals surface area (Å²) in [5.74, 6) is 0.633. The topological polar surface area (TPSA) is 94.3 Å². The molecule has 0 unspecified atom stereocenters. The van der Waals surface area contributed by atoms with Gasteiger partial charge in [-0.15, -0.1) is 5.10 Å². The highest BCUT2D eigenvalue weighted by molar-refractivity contribution is 5.79. The number of rotatable bonds is 4. The minimum Gasteiger partial charge on any atom is -0.339 e. The number of benzene rings is 1. The lowest BCUT2D eigenvalue weighted by atomic mass is 10.1. The first-order valence-electron chi connectivity index (χ1n) is 9.26. The van der Waals surface area contributed by atoms with Gasteiger partial charge in [-0.1, -0.05) is 17.3 Å². The van der Waals surface area contributed by atoms with Gasteiger partial charge < -0.3 is 5.32 Å². The third-order valence-corrected chi connectivity index (χ3v) is 4.58. The first-order valence-corrected chi connectivity index (χ1v) is 9.26. The van der Waals surface area contributed by atoms with Crippen LogP contribution in [-0.2, 0) is 6.54 Å². The molecule has 5 rings (SSSR count). The normalized spacial score (nSPS) is 11.2. The Morgan fingerprint density at radius 1 is 0.966 bits per heavy atom. The minimum atomic E-state index is 0.514. The van der Waals surface area contributed by atoms with Crippen LogP contribution < -0.4 is 5.32 Å². The van der Waals surface area contributed by atoms with Crippen LogP contribution in [0.3, 0.4) is 0 Å². The van der Waals surface area contributed by atoms with Gasteiger partial charge in [-0.25, -0.2) is 14.6 Å². The number of aryl methyl sites for hydroxylation is 2. The molecular formula is C21H18N8. The van der Waals surface area contributed by atoms with Gasteiger partial charge in [-0.2, -0.15) is 0 Å². The van der Waals surface area contributed by atoms with Gasteiger partial charge in [-0.3, -0.25) is 9.97 Å². The highest BCUT2D eigenvalue weighted by Crippen LogP contribution is 2.19. The SMILES string of the molecule is Cc1cc(Nc2cnc3nnn(Cc4ccc5ncccc5c4)c3n2)cc(C)n1. The highest BCUT2D eigenvalue weighted by atomic mass is 15.5. The predicted octanol–water partition coefficient (Wildman–Crippen LogP) is 3.57. The van der Waals surface area contributed by atoms with Crippen LogP contribution in [0.4, 0.5) is 11.5 Å². The van der Waals surface area contributed by atoms with Gasteiger partial charge >= 0.3 is 0 Å². The molecule has 0 bridgehead atoms. The van der Waals surface area contributed by atoms with Gasteiger partial charge in [0.15, 0.2) is 11.5 Å². The Morgan fingerprint density at radius 2 is 1.83 bits per heavy atom. The molecule has 8 heteroatoms. The van der Waals surface area contributed by atoms with Gasteiger partial charge in [0.05, 0.1) is 18.3 Å². The van der Waals surface area contributed by atoms with Crippen molar-refractivity contribution in [3.8, 4) is 0 Å². The van der Waals surface area contributed by atoms with Crippen molar-refractivity contribution in [1.29, 1.82) is 0 Å². The molecule has 0 fully saturated rings. The molecule has 1 N–H and O–H groups in total. The smallest absolute Gasteiger partial charge is 0.221 e. The standard InChI is InChI=1S/C21H18N8/c1-13-8-17(9-14(2)24-13)25-19-11-23-20-21(26-19)29(28-27-20)12-15-5-6-18-16(10-15)4-3-7-22-18/h3-11H,12H2,1-2H3,(H,24,25,26). The molecule has 0 aliphatic heterocycles. The zero-order valence-electron chi connectivity index (χ0n) is 16.0. The molecule has 0 radical (unpaired) electrons. The molecule has 0 aliphatic rings. The van der Waals surface area contributed by atoms with Crippen molar-refractivity contribution in [2.45, 2.75) is 20.4 Å². The van der Waals surface area contributed by atoms with E-state index >= 15 is 0 Å². The van der Waals surface area contributed by atoms with Crippen LogP contribution in [0, 0.1) is 13.8 Å². The first-order chi connectivity index (χ1) is 14.1. The molecule has 0 amide bonds. The molecule has 4 aromatic heterocycles. The maximum absolute atomic E-state index is 4.68. The number of pyridine rings is 2. The van der Waals surface area contributed by atoms with Crippen molar-refractivity contribution in [2.75, 3.05) is 5.32 Å². The number of aromatic nitrogens is 7. The van der Waals surface area contributed by atoms with Gasteiger partial charge in [0.2, 0.25) is 5.65 Å². The van der Waals surface area contributed by atoms with E-state index < -0.39 is 0 Å². The number of fused-ring (bicyclic) bond motifs is 2. The van der Waals surface area contributed by atoms with Crippen molar-refractivity contribution < 1.29 is 0 Å². The number of nitrogens with zero attached hydrogens (tertiary/aromatic N) is 7. The second-order valence-electron chi connectivity index (χ2n) is 6.94. The van der Waals surface area contributed by atoms with E-state index in [0.717, 1.165) is 33.5 Å². The lowest BCUT2D eigenvalue weighted by molar-refractivity contribution is 0.664. The Morgan fingerprint density at radius 3 is 2.69 bits per heavy atom. The van der Waals surface area contributed by atoms with Gasteiger partial charge in [0.1, 0.15) is 0 Å². The largest absolute Gasteiger partial charge is 0.339 e. The molecule has 1 aromatic carbocycles. The summed E-state index contributed by atoms with van der Waals surface area (Å²) >= 11 is 0. The minimum absolute atomic E-state index is 0.514. The summed E-state index contributed by atoms with van der Waals surface area (Å²) in [4.78, 5) is 17.8. The number of hydrogen-bond donors (Lipinski definition) is 1. The fourth-order valence-corrected chi connectivity index (χ4v) is 3.37. The van der Waals surface area contributed by atoms with E-state index in [1.165, 1.54) is 0 Å². The van der Waals surface area contributed by atoms with Crippen LogP contribution in [-0.4, -0.2) is 34.9 Å². The Kier molecular flexibility index (Phi) is 4.09. The molecule has 4 heterocycles. The van der Waals surface area contributed by atoms with E-state index in [-0.39, 0.29) is 0 Å². The van der Waals surface area contributed by atoms with Crippen LogP contribution in [0.25, 0.3) is 22.2 Å². The summed E-state index contributed by atoms with van der Waals surface area (Å²) in [6.07, 6.45) is 3.46. The van der Waals surface area contributed by atoms with Gasteiger partial charge in [0, 0.05) is 28.7 Å². The summed E-state index contributed by atoms with van der Waals surface area (Å²) in [6.45, 7) is 4.48. The van der Waals surface area contributed by atoms with E-state index in [9.17, 15) is 0 Å². The van der Waals surface area contributed by atoms with E-state index in [4.69, 9.17) is 0 Å². The second-order valence-corrected chi connectivity index (χ2v) is 6.94. The zero-order chi connectivity index (χ0) is 19.8. The molecule has 8 nitrogen and oxygen atoms in total. The average molecular weight is 382 g/mol. The van der Waals surface area contributed by atoms with E-state index in [1.807, 2.05) is 50.2 Å². The molecular weight excluding hydrogens is 364 g/mol. The molecule has 142 valence electrons. The number of anilines is 2. The molecule has 0 atom stereocenters. The Hall–Kier alpha value is -3.94. The quantitative estimate of drug-likeness (QED) is 0.508. The first kappa shape index (κ1) is 17.2. The third-order valence-electron chi connectivity index (χ3n) is 4.58. The van der Waals surface area contributed by atoms with Crippen LogP contribution in [0.2, 0.25) is 0 Å². The van der Waals surface area contributed by atoms with Crippen LogP contribution in [0.1, 0.15) is 17.0 Å². The van der Waals surface area contributed by atoms with E-state index in [2.05, 4.69) is 41.6 Å². The Bertz CT molecular complexity index is 1320. The van der Waals surface area contributed by atoms with Crippen molar-refractivity contribution >= 4 is 33.7 Å². The average Bonchev–Trinajstić information content (AvgIpc) is 3.09. The van der Waals surface area contributed by atoms with Crippen molar-refractivity contribution in [1.82, 2.24) is 34.9 Å². The molecule has 29 heavy (non-hydrogen) atoms. The summed E-state index contributed by atoms with van der Waals surface area (Å²) in [7, 11) is 0. The molecule has 5 aromatic rings. The Labute approximate surface area is 166 Å². The highest BCUT2D eigenvalue weighted by Gasteiger charge is 2.10. The van der Waals surface area contributed by atoms with E-state index in [1.54, 1.807) is 17.1 Å². The number of nitrogens with one attached hydrogen (secondary N) is 1. The second kappa shape index (κ2) is 6.90. The van der Waals surface area contributed by atoms with Crippen LogP contribution >= 0.6 is 0 Å². The maximum atomic E-state index is 4.68. The third kappa shape index (κ3) is 3.47. The molecule has 0 aliphatic carbocycles. The van der Waals surface area contributed by atoms with E-state index in [0.29, 0.717) is 23.7 Å². The summed E-state index contributed by atoms with van der Waals surface area (Å²) in [6, 6.07) is 14.1. The zero-order valence-corrected chi connectivity index (χ0v) is 16.0. The number of hydrogen-bond acceptors (Lipinski definition) is 7. The lowest BCUT2D eigenvalue weighted by Gasteiger charge is -2.08. The Balaban J connectivity index is 1.47. The van der Waals surface area contributed by atoms with Gasteiger partial charge in [0.25, 0.3) is 0 Å². The summed E-state index contributed by atoms with van der Waals surface area (Å²) < 4.78 is 1.76. The monoisotopic (exact) mass is 382 g/mol. The fraction of sp³-hybridized carbons (Fsp3) is 0.143.